The minimum Gasteiger partial charge on any atom is -0.497 e. The summed E-state index contributed by atoms with van der Waals surface area (Å²) in [5.41, 5.74) is 3.56. The summed E-state index contributed by atoms with van der Waals surface area (Å²) in [7, 11) is 3.42. The van der Waals surface area contributed by atoms with E-state index in [-0.39, 0.29) is 5.41 Å². The number of aromatic nitrogens is 5. The number of anilines is 1. The Morgan fingerprint density at radius 1 is 1.18 bits per heavy atom. The smallest absolute Gasteiger partial charge is 0.228 e. The Hall–Kier alpha value is -3.98. The van der Waals surface area contributed by atoms with Crippen LogP contribution in [0.2, 0.25) is 0 Å². The molecule has 0 atom stereocenters. The molecule has 3 heterocycles. The number of nitrogens with one attached hydrogen (secondary N) is 1. The normalized spacial score (nSPS) is 12.1. The van der Waals surface area contributed by atoms with Crippen LogP contribution in [-0.4, -0.2) is 43.7 Å². The molecule has 0 unspecified atom stereocenters. The number of hydrogen-bond donors (Lipinski definition) is 2. The lowest BCUT2D eigenvalue weighted by Gasteiger charge is -2.24. The van der Waals surface area contributed by atoms with Crippen LogP contribution in [0, 0.1) is 0 Å². The summed E-state index contributed by atoms with van der Waals surface area (Å²) >= 11 is 0. The first-order valence-electron chi connectivity index (χ1n) is 11.0. The van der Waals surface area contributed by atoms with Crippen LogP contribution in [0.5, 0.6) is 5.75 Å². The molecule has 0 aliphatic rings. The Labute approximate surface area is 199 Å². The highest BCUT2D eigenvalue weighted by Gasteiger charge is 2.24. The summed E-state index contributed by atoms with van der Waals surface area (Å²) < 4.78 is 7.31. The minimum absolute atomic E-state index is 0.123. The lowest BCUT2D eigenvalue weighted by atomic mass is 9.81. The van der Waals surface area contributed by atoms with Crippen LogP contribution in [-0.2, 0) is 11.8 Å². The van der Waals surface area contributed by atoms with Gasteiger partial charge in [-0.25, -0.2) is 15.8 Å². The van der Waals surface area contributed by atoms with Crippen molar-refractivity contribution in [2.75, 3.05) is 19.5 Å². The average Bonchev–Trinajstić information content (AvgIpc) is 3.23. The van der Waals surface area contributed by atoms with Crippen LogP contribution in [0.1, 0.15) is 32.2 Å². The number of methoxy groups -OCH3 is 1. The molecule has 4 rings (SSSR count). The molecule has 3 N–H and O–H groups in total. The van der Waals surface area contributed by atoms with Gasteiger partial charge >= 0.3 is 0 Å². The number of hydrogen-bond acceptors (Lipinski definition) is 8. The zero-order chi connectivity index (χ0) is 24.3. The number of fused-ring (bicyclic) bond motifs is 1. The van der Waals surface area contributed by atoms with Crippen molar-refractivity contribution in [3.8, 4) is 17.0 Å². The molecule has 0 aliphatic carbocycles. The van der Waals surface area contributed by atoms with Crippen molar-refractivity contribution >= 4 is 11.6 Å². The highest BCUT2D eigenvalue weighted by molar-refractivity contribution is 5.64. The zero-order valence-corrected chi connectivity index (χ0v) is 20.1. The number of rotatable bonds is 8. The number of nitrogens with two attached hydrogens (primary N) is 1. The van der Waals surface area contributed by atoms with E-state index in [2.05, 4.69) is 51.5 Å². The van der Waals surface area contributed by atoms with Crippen LogP contribution in [0.25, 0.3) is 16.9 Å². The number of benzene rings is 1. The van der Waals surface area contributed by atoms with Gasteiger partial charge in [-0.2, -0.15) is 0 Å². The molecule has 3 aromatic heterocycles. The van der Waals surface area contributed by atoms with Crippen molar-refractivity contribution in [2.45, 2.75) is 32.6 Å². The molecular weight excluding hydrogens is 428 g/mol. The summed E-state index contributed by atoms with van der Waals surface area (Å²) in [5.74, 6) is 8.74. The van der Waals surface area contributed by atoms with Gasteiger partial charge in [-0.15, -0.1) is 10.2 Å². The Morgan fingerprint density at radius 2 is 1.94 bits per heavy atom. The quantitative estimate of drug-likeness (QED) is 0.303. The molecule has 0 aliphatic heterocycles. The SMILES string of the molecule is C/C=C(/Nc1nccc(-c2ccn3c(CC(C)(C)c4ccc(OC)cc4)nnc3c2)n1)N(C)N. The highest BCUT2D eigenvalue weighted by atomic mass is 16.5. The number of allylic oxidation sites excluding steroid dienone is 1. The molecule has 4 aromatic rings. The van der Waals surface area contributed by atoms with Crippen molar-refractivity contribution in [3.63, 3.8) is 0 Å². The van der Waals surface area contributed by atoms with E-state index in [0.717, 1.165) is 34.9 Å². The number of pyridine rings is 1. The maximum Gasteiger partial charge on any atom is 0.228 e. The van der Waals surface area contributed by atoms with Gasteiger partial charge in [0.25, 0.3) is 0 Å². The maximum absolute atomic E-state index is 5.83. The van der Waals surface area contributed by atoms with Gasteiger partial charge in [0.15, 0.2) is 5.65 Å². The molecule has 9 heteroatoms. The van der Waals surface area contributed by atoms with Gasteiger partial charge in [0.1, 0.15) is 17.4 Å². The third-order valence-electron chi connectivity index (χ3n) is 5.80. The van der Waals surface area contributed by atoms with Crippen LogP contribution in [0.15, 0.2) is 66.8 Å². The molecule has 0 fully saturated rings. The minimum atomic E-state index is -0.123. The molecule has 0 bridgehead atoms. The third kappa shape index (κ3) is 4.84. The number of ether oxygens (including phenoxy) is 1. The molecule has 0 saturated carbocycles. The predicted molar refractivity (Wildman–Crippen MR) is 133 cm³/mol. The van der Waals surface area contributed by atoms with Crippen molar-refractivity contribution < 1.29 is 4.74 Å². The van der Waals surface area contributed by atoms with E-state index < -0.39 is 0 Å². The van der Waals surface area contributed by atoms with Crippen LogP contribution in [0.4, 0.5) is 5.95 Å². The summed E-state index contributed by atoms with van der Waals surface area (Å²) in [6.45, 7) is 6.30. The number of nitrogens with zero attached hydrogens (tertiary/aromatic N) is 6. The molecular formula is C25H30N8O. The van der Waals surface area contributed by atoms with Crippen molar-refractivity contribution in [2.24, 2.45) is 5.84 Å². The van der Waals surface area contributed by atoms with E-state index in [1.54, 1.807) is 20.4 Å². The van der Waals surface area contributed by atoms with E-state index in [1.165, 1.54) is 10.6 Å². The summed E-state index contributed by atoms with van der Waals surface area (Å²) in [6, 6.07) is 14.0. The monoisotopic (exact) mass is 458 g/mol. The largest absolute Gasteiger partial charge is 0.497 e. The predicted octanol–water partition coefficient (Wildman–Crippen LogP) is 3.79. The molecule has 0 amide bonds. The Bertz CT molecular complexity index is 1310. The Balaban J connectivity index is 1.58. The van der Waals surface area contributed by atoms with E-state index >= 15 is 0 Å². The standard InChI is InChI=1S/C25H30N8O/c1-6-21(32(4)26)29-24-27-13-11-20(28-24)17-12-14-33-22(15-17)30-31-23(33)16-25(2,3)18-7-9-19(34-5)10-8-18/h6-15H,16,26H2,1-5H3,(H,27,28,29)/b21-6-. The second kappa shape index (κ2) is 9.48. The van der Waals surface area contributed by atoms with E-state index in [0.29, 0.717) is 11.8 Å². The second-order valence-corrected chi connectivity index (χ2v) is 8.72. The van der Waals surface area contributed by atoms with Gasteiger partial charge in [0.2, 0.25) is 5.95 Å². The molecule has 176 valence electrons. The lowest BCUT2D eigenvalue weighted by molar-refractivity contribution is 0.413. The highest BCUT2D eigenvalue weighted by Crippen LogP contribution is 2.29. The molecule has 9 nitrogen and oxygen atoms in total. The fourth-order valence-corrected chi connectivity index (χ4v) is 3.82. The van der Waals surface area contributed by atoms with Crippen LogP contribution < -0.4 is 15.9 Å². The Kier molecular flexibility index (Phi) is 6.47. The zero-order valence-electron chi connectivity index (χ0n) is 20.1. The van der Waals surface area contributed by atoms with E-state index in [4.69, 9.17) is 10.6 Å². The molecule has 0 radical (unpaired) electrons. The van der Waals surface area contributed by atoms with Gasteiger partial charge in [-0.3, -0.25) is 9.41 Å². The number of hydrazine groups is 1. The van der Waals surface area contributed by atoms with Crippen LogP contribution in [0.3, 0.4) is 0 Å². The maximum atomic E-state index is 5.83. The third-order valence-corrected chi connectivity index (χ3v) is 5.80. The first-order valence-corrected chi connectivity index (χ1v) is 11.0. The first kappa shape index (κ1) is 23.2. The van der Waals surface area contributed by atoms with Crippen LogP contribution >= 0.6 is 0 Å². The fraction of sp³-hybridized carbons (Fsp3) is 0.280. The first-order chi connectivity index (χ1) is 16.3. The summed E-state index contributed by atoms with van der Waals surface area (Å²) in [4.78, 5) is 8.92. The van der Waals surface area contributed by atoms with E-state index in [1.807, 2.05) is 53.9 Å². The van der Waals surface area contributed by atoms with Crippen molar-refractivity contribution in [1.82, 2.24) is 29.6 Å². The van der Waals surface area contributed by atoms with E-state index in [9.17, 15) is 0 Å². The molecule has 34 heavy (non-hydrogen) atoms. The fourth-order valence-electron chi connectivity index (χ4n) is 3.82. The molecule has 1 aromatic carbocycles. The van der Waals surface area contributed by atoms with Gasteiger partial charge in [-0.05, 0) is 54.3 Å². The van der Waals surface area contributed by atoms with Crippen molar-refractivity contribution in [1.29, 1.82) is 0 Å². The van der Waals surface area contributed by atoms with Crippen molar-refractivity contribution in [3.05, 3.63) is 78.1 Å². The topological polar surface area (TPSA) is 106 Å². The van der Waals surface area contributed by atoms with Gasteiger partial charge in [0.05, 0.1) is 12.8 Å². The van der Waals surface area contributed by atoms with Gasteiger partial charge < -0.3 is 10.1 Å². The van der Waals surface area contributed by atoms with Gasteiger partial charge in [0, 0.05) is 31.4 Å². The lowest BCUT2D eigenvalue weighted by Crippen LogP contribution is -2.29. The summed E-state index contributed by atoms with van der Waals surface area (Å²) in [5, 5.41) is 13.5. The average molecular weight is 459 g/mol. The molecule has 0 spiro atoms. The second-order valence-electron chi connectivity index (χ2n) is 8.72. The summed E-state index contributed by atoms with van der Waals surface area (Å²) in [6.07, 6.45) is 6.29. The molecule has 0 saturated heterocycles. The Morgan fingerprint density at radius 3 is 2.62 bits per heavy atom. The van der Waals surface area contributed by atoms with Gasteiger partial charge in [-0.1, -0.05) is 26.0 Å².